The van der Waals surface area contributed by atoms with Crippen LogP contribution in [0.15, 0.2) is 77.5 Å². The number of nitrogens with zero attached hydrogens (tertiary/aromatic N) is 4. The van der Waals surface area contributed by atoms with E-state index in [1.807, 2.05) is 24.1 Å². The second kappa shape index (κ2) is 9.22. The molecule has 0 aliphatic rings. The van der Waals surface area contributed by atoms with Crippen LogP contribution in [0.4, 0.5) is 22.7 Å². The van der Waals surface area contributed by atoms with Gasteiger partial charge in [-0.2, -0.15) is 10.2 Å². The third-order valence-electron chi connectivity index (χ3n) is 3.67. The molecular formula is C20H20N4O4. The second-order valence-corrected chi connectivity index (χ2v) is 5.96. The number of ether oxygens (including phenoxy) is 1. The van der Waals surface area contributed by atoms with E-state index >= 15 is 0 Å². The van der Waals surface area contributed by atoms with Crippen molar-refractivity contribution in [2.24, 2.45) is 10.2 Å². The number of rotatable bonds is 8. The Morgan fingerprint density at radius 2 is 1.82 bits per heavy atom. The quantitative estimate of drug-likeness (QED) is 0.120. The number of carbonyl (C=O) groups excluding carboxylic acids is 1. The number of hydrogen-bond acceptors (Lipinski definition) is 7. The molecule has 8 nitrogen and oxygen atoms in total. The average molecular weight is 380 g/mol. The van der Waals surface area contributed by atoms with Crippen molar-refractivity contribution < 1.29 is 14.5 Å². The van der Waals surface area contributed by atoms with Crippen LogP contribution < -0.4 is 9.64 Å². The molecule has 0 aliphatic carbocycles. The minimum atomic E-state index is -0.753. The van der Waals surface area contributed by atoms with Gasteiger partial charge in [0.15, 0.2) is 0 Å². The molecule has 0 bridgehead atoms. The smallest absolute Gasteiger partial charge is 0.338 e. The Hall–Kier alpha value is -3.81. The van der Waals surface area contributed by atoms with Crippen LogP contribution in [0.25, 0.3) is 0 Å². The summed E-state index contributed by atoms with van der Waals surface area (Å²) in [6.07, 6.45) is 1.81. The number of anilines is 1. The van der Waals surface area contributed by atoms with Crippen LogP contribution >= 0.6 is 0 Å². The molecule has 0 fully saturated rings. The summed E-state index contributed by atoms with van der Waals surface area (Å²) in [5.74, 6) is -0.965. The molecule has 0 saturated carbocycles. The van der Waals surface area contributed by atoms with Gasteiger partial charge in [-0.1, -0.05) is 12.7 Å². The maximum Gasteiger partial charge on any atom is 0.338 e. The van der Waals surface area contributed by atoms with E-state index in [-0.39, 0.29) is 17.0 Å². The van der Waals surface area contributed by atoms with E-state index in [0.29, 0.717) is 11.4 Å². The molecule has 0 radical (unpaired) electrons. The minimum Gasteiger partial charge on any atom is -0.416 e. The predicted octanol–water partition coefficient (Wildman–Crippen LogP) is 5.11. The largest absolute Gasteiger partial charge is 0.416 e. The Bertz CT molecular complexity index is 936. The number of likely N-dealkylation sites (N-methyl/N-ethyl adjacent to an activating group) is 1. The first-order valence-corrected chi connectivity index (χ1v) is 8.31. The van der Waals surface area contributed by atoms with Crippen molar-refractivity contribution in [3.63, 3.8) is 0 Å². The monoisotopic (exact) mass is 380 g/mol. The van der Waals surface area contributed by atoms with Crippen LogP contribution in [-0.4, -0.2) is 24.5 Å². The van der Waals surface area contributed by atoms with Crippen molar-refractivity contribution in [2.45, 2.75) is 6.92 Å². The molecule has 28 heavy (non-hydrogen) atoms. The summed E-state index contributed by atoms with van der Waals surface area (Å²) in [6.45, 7) is 9.33. The fourth-order valence-corrected chi connectivity index (χ4v) is 2.17. The van der Waals surface area contributed by atoms with Gasteiger partial charge in [0.2, 0.25) is 5.75 Å². The van der Waals surface area contributed by atoms with Crippen molar-refractivity contribution in [1.29, 1.82) is 0 Å². The third kappa shape index (κ3) is 5.34. The van der Waals surface area contributed by atoms with Crippen molar-refractivity contribution >= 4 is 28.7 Å². The molecule has 2 aromatic rings. The number of hydrogen-bond donors (Lipinski definition) is 0. The van der Waals surface area contributed by atoms with E-state index in [2.05, 4.69) is 23.4 Å². The standard InChI is InChI=1S/C20H20N4O4/c1-5-12-23(4)17-9-6-15(7-10-17)21-22-16-8-11-18(24(26)27)19(13-16)28-20(25)14(2)3/h5-11,13H,1-2,12H2,3-4H3. The lowest BCUT2D eigenvalue weighted by atomic mass is 10.2. The van der Waals surface area contributed by atoms with E-state index < -0.39 is 10.9 Å². The van der Waals surface area contributed by atoms with Gasteiger partial charge in [0.05, 0.1) is 16.3 Å². The maximum atomic E-state index is 11.7. The zero-order valence-electron chi connectivity index (χ0n) is 15.7. The molecule has 0 unspecified atom stereocenters. The van der Waals surface area contributed by atoms with Gasteiger partial charge < -0.3 is 9.64 Å². The van der Waals surface area contributed by atoms with Gasteiger partial charge in [-0.05, 0) is 37.3 Å². The van der Waals surface area contributed by atoms with Gasteiger partial charge in [-0.25, -0.2) is 4.79 Å². The van der Waals surface area contributed by atoms with Crippen LogP contribution in [0.1, 0.15) is 6.92 Å². The number of nitro benzene ring substituents is 1. The topological polar surface area (TPSA) is 97.4 Å². The first-order valence-electron chi connectivity index (χ1n) is 8.31. The number of azo groups is 1. The molecule has 0 heterocycles. The average Bonchev–Trinajstić information content (AvgIpc) is 2.66. The molecule has 8 heteroatoms. The molecule has 0 saturated heterocycles. The summed E-state index contributed by atoms with van der Waals surface area (Å²) in [4.78, 5) is 24.2. The number of benzene rings is 2. The molecule has 0 aliphatic heterocycles. The number of carbonyl (C=O) groups is 1. The lowest BCUT2D eigenvalue weighted by molar-refractivity contribution is -0.385. The summed E-state index contributed by atoms with van der Waals surface area (Å²) in [6, 6.07) is 11.3. The summed E-state index contributed by atoms with van der Waals surface area (Å²) < 4.78 is 5.03. The Morgan fingerprint density at radius 3 is 2.39 bits per heavy atom. The lowest BCUT2D eigenvalue weighted by Gasteiger charge is -2.16. The molecule has 2 rings (SSSR count). The van der Waals surface area contributed by atoms with E-state index in [0.717, 1.165) is 12.2 Å². The normalized spacial score (nSPS) is 10.5. The molecule has 0 spiro atoms. The van der Waals surface area contributed by atoms with Gasteiger partial charge >= 0.3 is 11.7 Å². The fraction of sp³-hybridized carbons (Fsp3) is 0.150. The molecule has 2 aromatic carbocycles. The molecule has 0 aromatic heterocycles. The van der Waals surface area contributed by atoms with Crippen molar-refractivity contribution in [1.82, 2.24) is 0 Å². The maximum absolute atomic E-state index is 11.7. The van der Waals surface area contributed by atoms with Crippen LogP contribution in [-0.2, 0) is 4.79 Å². The highest BCUT2D eigenvalue weighted by molar-refractivity contribution is 5.89. The Labute approximate surface area is 162 Å². The van der Waals surface area contributed by atoms with Gasteiger partial charge in [0.1, 0.15) is 0 Å². The molecule has 0 N–H and O–H groups in total. The zero-order valence-corrected chi connectivity index (χ0v) is 15.7. The van der Waals surface area contributed by atoms with E-state index in [9.17, 15) is 14.9 Å². The van der Waals surface area contributed by atoms with Gasteiger partial charge in [0.25, 0.3) is 0 Å². The van der Waals surface area contributed by atoms with E-state index in [1.54, 1.807) is 18.2 Å². The van der Waals surface area contributed by atoms with Crippen LogP contribution in [0.3, 0.4) is 0 Å². The van der Waals surface area contributed by atoms with Crippen molar-refractivity contribution in [3.05, 3.63) is 77.4 Å². The first kappa shape index (κ1) is 20.5. The highest BCUT2D eigenvalue weighted by Crippen LogP contribution is 2.32. The van der Waals surface area contributed by atoms with Crippen LogP contribution in [0.2, 0.25) is 0 Å². The predicted molar refractivity (Wildman–Crippen MR) is 108 cm³/mol. The Kier molecular flexibility index (Phi) is 6.75. The Balaban J connectivity index is 2.23. The van der Waals surface area contributed by atoms with E-state index in [4.69, 9.17) is 4.74 Å². The lowest BCUT2D eigenvalue weighted by Crippen LogP contribution is -2.15. The molecule has 144 valence electrons. The first-order chi connectivity index (χ1) is 13.3. The minimum absolute atomic E-state index is 0.128. The number of esters is 1. The molecule has 0 amide bonds. The van der Waals surface area contributed by atoms with Crippen molar-refractivity contribution in [2.75, 3.05) is 18.5 Å². The van der Waals surface area contributed by atoms with Crippen molar-refractivity contribution in [3.8, 4) is 5.75 Å². The SMILES string of the molecule is C=CCN(C)c1ccc(N=Nc2ccc([N+](=O)[O-])c(OC(=O)C(=C)C)c2)cc1. The summed E-state index contributed by atoms with van der Waals surface area (Å²) in [5, 5.41) is 19.3. The zero-order chi connectivity index (χ0) is 20.7. The van der Waals surface area contributed by atoms with Crippen LogP contribution in [0, 0.1) is 10.1 Å². The summed E-state index contributed by atoms with van der Waals surface area (Å²) in [7, 11) is 1.95. The Morgan fingerprint density at radius 1 is 1.21 bits per heavy atom. The van der Waals surface area contributed by atoms with Crippen LogP contribution in [0.5, 0.6) is 5.75 Å². The van der Waals surface area contributed by atoms with Gasteiger partial charge in [-0.15, -0.1) is 6.58 Å². The molecular weight excluding hydrogens is 360 g/mol. The summed E-state index contributed by atoms with van der Waals surface area (Å²) in [5.41, 5.74) is 1.70. The molecule has 0 atom stereocenters. The highest BCUT2D eigenvalue weighted by atomic mass is 16.6. The number of nitro groups is 1. The summed E-state index contributed by atoms with van der Waals surface area (Å²) >= 11 is 0. The highest BCUT2D eigenvalue weighted by Gasteiger charge is 2.19. The van der Waals surface area contributed by atoms with Gasteiger partial charge in [0, 0.05) is 37.0 Å². The third-order valence-corrected chi connectivity index (χ3v) is 3.67. The fourth-order valence-electron chi connectivity index (χ4n) is 2.17. The second-order valence-electron chi connectivity index (χ2n) is 5.96. The van der Waals surface area contributed by atoms with Gasteiger partial charge in [-0.3, -0.25) is 10.1 Å². The van der Waals surface area contributed by atoms with E-state index in [1.165, 1.54) is 25.1 Å².